The van der Waals surface area contributed by atoms with Crippen molar-refractivity contribution in [2.45, 2.75) is 35.8 Å². The summed E-state index contributed by atoms with van der Waals surface area (Å²) in [5, 5.41) is 1.62. The number of hydrogen-bond acceptors (Lipinski definition) is 8. The summed E-state index contributed by atoms with van der Waals surface area (Å²) in [6, 6.07) is 1.80. The van der Waals surface area contributed by atoms with Crippen molar-refractivity contribution >= 4 is 37.3 Å². The number of hydrogen-bond donors (Lipinski definition) is 1. The lowest BCUT2D eigenvalue weighted by Gasteiger charge is -2.38. The van der Waals surface area contributed by atoms with Crippen molar-refractivity contribution in [3.05, 3.63) is 17.5 Å². The van der Waals surface area contributed by atoms with Crippen molar-refractivity contribution in [3.63, 3.8) is 0 Å². The van der Waals surface area contributed by atoms with Crippen LogP contribution >= 0.6 is 11.3 Å². The molecular weight excluding hydrogens is 430 g/mol. The summed E-state index contributed by atoms with van der Waals surface area (Å²) in [4.78, 5) is 18.0. The Morgan fingerprint density at radius 2 is 2.07 bits per heavy atom. The molecule has 2 aliphatic heterocycles. The fourth-order valence-electron chi connectivity index (χ4n) is 3.07. The van der Waals surface area contributed by atoms with Gasteiger partial charge in [-0.2, -0.15) is 8.61 Å². The van der Waals surface area contributed by atoms with E-state index in [1.165, 1.54) is 6.07 Å². The number of carbonyl (C=O) groups is 1. The van der Waals surface area contributed by atoms with Crippen LogP contribution in [0.1, 0.15) is 19.3 Å². The Bertz CT molecular complexity index is 880. The van der Waals surface area contributed by atoms with Crippen LogP contribution in [0, 0.1) is 0 Å². The predicted octanol–water partition coefficient (Wildman–Crippen LogP) is -0.0430. The average Bonchev–Trinajstić information content (AvgIpc) is 3.21. The Balaban J connectivity index is 1.78. The lowest BCUT2D eigenvalue weighted by Crippen LogP contribution is -2.61. The second-order valence-corrected chi connectivity index (χ2v) is 11.6. The van der Waals surface area contributed by atoms with Crippen LogP contribution in [-0.4, -0.2) is 76.2 Å². The molecule has 28 heavy (non-hydrogen) atoms. The van der Waals surface area contributed by atoms with Gasteiger partial charge in [0.05, 0.1) is 6.26 Å². The van der Waals surface area contributed by atoms with Crippen LogP contribution in [-0.2, 0) is 34.4 Å². The van der Waals surface area contributed by atoms with Gasteiger partial charge in [0.25, 0.3) is 15.9 Å². The molecule has 2 atom stereocenters. The number of sulfonamides is 2. The van der Waals surface area contributed by atoms with Gasteiger partial charge in [0.2, 0.25) is 10.0 Å². The van der Waals surface area contributed by atoms with E-state index in [9.17, 15) is 21.6 Å². The third-order valence-corrected chi connectivity index (χ3v) is 9.10. The van der Waals surface area contributed by atoms with Crippen molar-refractivity contribution in [1.82, 2.24) is 14.1 Å². The number of thiophene rings is 1. The fraction of sp³-hybridized carbons (Fsp3) is 0.667. The summed E-state index contributed by atoms with van der Waals surface area (Å²) < 4.78 is 57.3. The Labute approximate surface area is 168 Å². The van der Waals surface area contributed by atoms with Crippen molar-refractivity contribution in [2.24, 2.45) is 0 Å². The molecule has 0 spiro atoms. The van der Waals surface area contributed by atoms with Crippen molar-refractivity contribution in [2.75, 3.05) is 32.5 Å². The lowest BCUT2D eigenvalue weighted by molar-refractivity contribution is -0.202. The maximum Gasteiger partial charge on any atom is 0.263 e. The van der Waals surface area contributed by atoms with Gasteiger partial charge in [-0.1, -0.05) is 6.07 Å². The largest absolute Gasteiger partial charge is 0.350 e. The van der Waals surface area contributed by atoms with E-state index < -0.39 is 38.3 Å². The number of piperazine rings is 1. The van der Waals surface area contributed by atoms with Crippen LogP contribution in [0.25, 0.3) is 0 Å². The second kappa shape index (κ2) is 8.73. The topological polar surface area (TPSA) is 122 Å². The predicted molar refractivity (Wildman–Crippen MR) is 101 cm³/mol. The third-order valence-electron chi connectivity index (χ3n) is 4.55. The van der Waals surface area contributed by atoms with Crippen molar-refractivity contribution < 1.29 is 31.2 Å². The standard InChI is InChI=1S/C15H23N3O7S3/c1-27(20,21)17-7-8-18(28(22,23)14-6-4-10-26-14)12(11-17)15(19)16-25-13-5-2-3-9-24-13/h4,6,10,12-13H,2-3,5,7-9,11H2,1H3,(H,16,19). The molecule has 2 fully saturated rings. The summed E-state index contributed by atoms with van der Waals surface area (Å²) >= 11 is 1.04. The summed E-state index contributed by atoms with van der Waals surface area (Å²) in [5.41, 5.74) is 2.25. The molecule has 0 bridgehead atoms. The highest BCUT2D eigenvalue weighted by Gasteiger charge is 2.43. The highest BCUT2D eigenvalue weighted by molar-refractivity contribution is 7.91. The molecule has 0 aliphatic carbocycles. The van der Waals surface area contributed by atoms with Crippen LogP contribution in [0.4, 0.5) is 0 Å². The molecule has 0 radical (unpaired) electrons. The van der Waals surface area contributed by atoms with Gasteiger partial charge in [0.15, 0.2) is 6.29 Å². The van der Waals surface area contributed by atoms with Crippen LogP contribution in [0.5, 0.6) is 0 Å². The zero-order valence-electron chi connectivity index (χ0n) is 15.3. The van der Waals surface area contributed by atoms with Crippen LogP contribution < -0.4 is 5.48 Å². The maximum absolute atomic E-state index is 12.9. The van der Waals surface area contributed by atoms with E-state index in [0.717, 1.165) is 39.0 Å². The van der Waals surface area contributed by atoms with Gasteiger partial charge in [-0.25, -0.2) is 27.2 Å². The molecule has 3 rings (SSSR count). The molecule has 2 saturated heterocycles. The molecule has 1 N–H and O–H groups in total. The number of amides is 1. The first-order valence-electron chi connectivity index (χ1n) is 8.77. The van der Waals surface area contributed by atoms with Gasteiger partial charge in [-0.15, -0.1) is 11.3 Å². The quantitative estimate of drug-likeness (QED) is 0.600. The van der Waals surface area contributed by atoms with Crippen molar-refractivity contribution in [1.29, 1.82) is 0 Å². The Hall–Kier alpha value is -1.09. The summed E-state index contributed by atoms with van der Waals surface area (Å²) in [6.07, 6.45) is 2.84. The highest BCUT2D eigenvalue weighted by Crippen LogP contribution is 2.26. The van der Waals surface area contributed by atoms with E-state index in [0.29, 0.717) is 13.0 Å². The monoisotopic (exact) mass is 453 g/mol. The number of nitrogens with zero attached hydrogens (tertiary/aromatic N) is 2. The average molecular weight is 454 g/mol. The molecule has 1 aromatic heterocycles. The number of ether oxygens (including phenoxy) is 1. The maximum atomic E-state index is 12.9. The first-order valence-corrected chi connectivity index (χ1v) is 12.9. The minimum Gasteiger partial charge on any atom is -0.350 e. The van der Waals surface area contributed by atoms with E-state index in [4.69, 9.17) is 9.57 Å². The SMILES string of the molecule is CS(=O)(=O)N1CCN(S(=O)(=O)c2cccs2)C(C(=O)NOC2CCCCO2)C1. The first kappa shape index (κ1) is 21.6. The van der Waals surface area contributed by atoms with Gasteiger partial charge in [0.1, 0.15) is 10.3 Å². The summed E-state index contributed by atoms with van der Waals surface area (Å²) in [7, 11) is -7.52. The Morgan fingerprint density at radius 3 is 2.68 bits per heavy atom. The molecule has 158 valence electrons. The first-order chi connectivity index (χ1) is 13.2. The van der Waals surface area contributed by atoms with E-state index in [2.05, 4.69) is 5.48 Å². The van der Waals surface area contributed by atoms with E-state index in [-0.39, 0.29) is 23.8 Å². The van der Waals surface area contributed by atoms with Gasteiger partial charge < -0.3 is 4.74 Å². The minimum atomic E-state index is -3.94. The molecule has 1 aromatic rings. The molecule has 2 aliphatic rings. The van der Waals surface area contributed by atoms with Gasteiger partial charge >= 0.3 is 0 Å². The zero-order valence-corrected chi connectivity index (χ0v) is 17.8. The van der Waals surface area contributed by atoms with Crippen molar-refractivity contribution in [3.8, 4) is 0 Å². The lowest BCUT2D eigenvalue weighted by atomic mass is 10.2. The number of rotatable bonds is 6. The molecule has 2 unspecified atom stereocenters. The zero-order chi connectivity index (χ0) is 20.4. The molecule has 3 heterocycles. The van der Waals surface area contributed by atoms with Crippen LogP contribution in [0.2, 0.25) is 0 Å². The van der Waals surface area contributed by atoms with Gasteiger partial charge in [0, 0.05) is 32.7 Å². The number of hydroxylamine groups is 1. The molecule has 0 aromatic carbocycles. The van der Waals surface area contributed by atoms with Crippen LogP contribution in [0.3, 0.4) is 0 Å². The summed E-state index contributed by atoms with van der Waals surface area (Å²) in [5.74, 6) is -0.734. The van der Waals surface area contributed by atoms with E-state index in [1.54, 1.807) is 11.4 Å². The highest BCUT2D eigenvalue weighted by atomic mass is 32.2. The minimum absolute atomic E-state index is 0.0280. The molecular formula is C15H23N3O7S3. The van der Waals surface area contributed by atoms with E-state index in [1.807, 2.05) is 0 Å². The molecule has 10 nitrogen and oxygen atoms in total. The molecule has 13 heteroatoms. The van der Waals surface area contributed by atoms with E-state index >= 15 is 0 Å². The summed E-state index contributed by atoms with van der Waals surface area (Å²) in [6.45, 7) is 0.0694. The Kier molecular flexibility index (Phi) is 6.74. The smallest absolute Gasteiger partial charge is 0.263 e. The van der Waals surface area contributed by atoms with Gasteiger partial charge in [-0.05, 0) is 24.3 Å². The third kappa shape index (κ3) is 4.90. The normalized spacial score (nSPS) is 25.5. The fourth-order valence-corrected chi connectivity index (χ4v) is 6.58. The Morgan fingerprint density at radius 1 is 1.29 bits per heavy atom. The number of carbonyl (C=O) groups excluding carboxylic acids is 1. The van der Waals surface area contributed by atoms with Crippen LogP contribution in [0.15, 0.2) is 21.7 Å². The number of nitrogens with one attached hydrogen (secondary N) is 1. The molecule has 1 amide bonds. The molecule has 0 saturated carbocycles. The second-order valence-electron chi connectivity index (χ2n) is 6.56. The van der Waals surface area contributed by atoms with Gasteiger partial charge in [-0.3, -0.25) is 4.79 Å².